The summed E-state index contributed by atoms with van der Waals surface area (Å²) >= 11 is 6.05. The molecule has 1 aromatic heterocycles. The van der Waals surface area contributed by atoms with Crippen molar-refractivity contribution < 1.29 is 8.81 Å². The zero-order chi connectivity index (χ0) is 19.5. The van der Waals surface area contributed by atoms with Crippen LogP contribution < -0.4 is 0 Å². The van der Waals surface area contributed by atoms with E-state index in [9.17, 15) is 4.39 Å². The maximum atomic E-state index is 13.1. The Kier molecular flexibility index (Phi) is 5.74. The van der Waals surface area contributed by atoms with E-state index in [-0.39, 0.29) is 11.9 Å². The van der Waals surface area contributed by atoms with Crippen molar-refractivity contribution in [2.75, 3.05) is 13.1 Å². The van der Waals surface area contributed by atoms with E-state index in [1.165, 1.54) is 5.56 Å². The molecule has 4 rings (SSSR count). The third-order valence-corrected chi connectivity index (χ3v) is 5.74. The van der Waals surface area contributed by atoms with Crippen LogP contribution in [-0.2, 0) is 6.42 Å². The maximum Gasteiger partial charge on any atom is 0.247 e. The second-order valence-electron chi connectivity index (χ2n) is 7.44. The van der Waals surface area contributed by atoms with Crippen molar-refractivity contribution in [3.05, 3.63) is 70.8 Å². The average Bonchev–Trinajstić information content (AvgIpc) is 3.20. The molecule has 1 aliphatic rings. The molecule has 0 saturated carbocycles. The molecule has 1 saturated heterocycles. The minimum absolute atomic E-state index is 0.0761. The molecule has 0 radical (unpaired) electrons. The van der Waals surface area contributed by atoms with Gasteiger partial charge in [-0.15, -0.1) is 10.2 Å². The van der Waals surface area contributed by atoms with Crippen LogP contribution in [0.3, 0.4) is 0 Å². The van der Waals surface area contributed by atoms with E-state index in [2.05, 4.69) is 22.0 Å². The van der Waals surface area contributed by atoms with E-state index < -0.39 is 0 Å². The summed E-state index contributed by atoms with van der Waals surface area (Å²) in [7, 11) is 0. The molecule has 1 aliphatic heterocycles. The number of nitrogens with zero attached hydrogens (tertiary/aromatic N) is 3. The number of benzene rings is 2. The van der Waals surface area contributed by atoms with Gasteiger partial charge in [-0.25, -0.2) is 4.39 Å². The third-order valence-electron chi connectivity index (χ3n) is 5.50. The van der Waals surface area contributed by atoms with Crippen LogP contribution in [0.1, 0.15) is 37.3 Å². The lowest BCUT2D eigenvalue weighted by Gasteiger charge is -2.34. The fourth-order valence-corrected chi connectivity index (χ4v) is 3.99. The number of likely N-dealkylation sites (tertiary alicyclic amines) is 1. The van der Waals surface area contributed by atoms with Crippen LogP contribution in [0.15, 0.2) is 52.9 Å². The molecule has 1 fully saturated rings. The normalized spacial score (nSPS) is 17.0. The van der Waals surface area contributed by atoms with Crippen LogP contribution in [0.5, 0.6) is 0 Å². The zero-order valence-corrected chi connectivity index (χ0v) is 16.6. The van der Waals surface area contributed by atoms with Crippen molar-refractivity contribution in [1.29, 1.82) is 0 Å². The topological polar surface area (TPSA) is 42.2 Å². The van der Waals surface area contributed by atoms with Crippen LogP contribution in [0.25, 0.3) is 11.5 Å². The van der Waals surface area contributed by atoms with Crippen LogP contribution >= 0.6 is 11.6 Å². The third kappa shape index (κ3) is 4.42. The van der Waals surface area contributed by atoms with Crippen molar-refractivity contribution in [1.82, 2.24) is 15.1 Å². The Labute approximate surface area is 169 Å². The fourth-order valence-electron chi connectivity index (χ4n) is 3.80. The standard InChI is InChI=1S/C22H23ClFN3O/c1-15(21-25-26-22(28-21)18-3-2-4-19(23)14-18)27-11-9-17(10-12-27)13-16-5-7-20(24)8-6-16/h2-8,14-15,17H,9-13H2,1H3. The van der Waals surface area contributed by atoms with Gasteiger partial charge in [-0.05, 0) is 81.1 Å². The van der Waals surface area contributed by atoms with Crippen LogP contribution in [0, 0.1) is 11.7 Å². The van der Waals surface area contributed by atoms with Gasteiger partial charge in [0, 0.05) is 10.6 Å². The molecule has 6 heteroatoms. The fraction of sp³-hybridized carbons (Fsp3) is 0.364. The Morgan fingerprint density at radius 1 is 1.14 bits per heavy atom. The summed E-state index contributed by atoms with van der Waals surface area (Å²) in [5.74, 6) is 1.57. The van der Waals surface area contributed by atoms with E-state index in [1.807, 2.05) is 36.4 Å². The molecule has 146 valence electrons. The van der Waals surface area contributed by atoms with Crippen molar-refractivity contribution in [2.45, 2.75) is 32.2 Å². The van der Waals surface area contributed by atoms with Crippen LogP contribution in [0.4, 0.5) is 4.39 Å². The van der Waals surface area contributed by atoms with E-state index in [4.69, 9.17) is 16.0 Å². The Morgan fingerprint density at radius 3 is 2.61 bits per heavy atom. The van der Waals surface area contributed by atoms with Gasteiger partial charge in [0.05, 0.1) is 6.04 Å². The number of hydrogen-bond acceptors (Lipinski definition) is 4. The first-order valence-electron chi connectivity index (χ1n) is 9.66. The molecule has 0 bridgehead atoms. The Bertz CT molecular complexity index is 920. The molecule has 2 aromatic carbocycles. The lowest BCUT2D eigenvalue weighted by Crippen LogP contribution is -2.36. The summed E-state index contributed by atoms with van der Waals surface area (Å²) in [5.41, 5.74) is 2.03. The van der Waals surface area contributed by atoms with Crippen LogP contribution in [0.2, 0.25) is 5.02 Å². The Balaban J connectivity index is 1.35. The predicted octanol–water partition coefficient (Wildman–Crippen LogP) is 5.54. The Hall–Kier alpha value is -2.24. The smallest absolute Gasteiger partial charge is 0.247 e. The highest BCUT2D eigenvalue weighted by Gasteiger charge is 2.27. The number of hydrogen-bond donors (Lipinski definition) is 0. The summed E-state index contributed by atoms with van der Waals surface area (Å²) in [6.07, 6.45) is 3.22. The number of piperidine rings is 1. The predicted molar refractivity (Wildman–Crippen MR) is 108 cm³/mol. The van der Waals surface area contributed by atoms with Gasteiger partial charge >= 0.3 is 0 Å². The van der Waals surface area contributed by atoms with Crippen molar-refractivity contribution >= 4 is 11.6 Å². The highest BCUT2D eigenvalue weighted by molar-refractivity contribution is 6.30. The van der Waals surface area contributed by atoms with E-state index in [0.29, 0.717) is 22.7 Å². The molecular weight excluding hydrogens is 377 g/mol. The van der Waals surface area contributed by atoms with Gasteiger partial charge in [0.15, 0.2) is 0 Å². The minimum Gasteiger partial charge on any atom is -0.419 e. The van der Waals surface area contributed by atoms with Crippen molar-refractivity contribution in [2.24, 2.45) is 5.92 Å². The lowest BCUT2D eigenvalue weighted by atomic mass is 9.89. The largest absolute Gasteiger partial charge is 0.419 e. The summed E-state index contributed by atoms with van der Waals surface area (Å²) in [4.78, 5) is 2.39. The molecule has 0 N–H and O–H groups in total. The van der Waals surface area contributed by atoms with E-state index >= 15 is 0 Å². The number of rotatable bonds is 5. The van der Waals surface area contributed by atoms with Crippen molar-refractivity contribution in [3.63, 3.8) is 0 Å². The van der Waals surface area contributed by atoms with Gasteiger partial charge in [-0.1, -0.05) is 29.8 Å². The molecular formula is C22H23ClFN3O. The highest BCUT2D eigenvalue weighted by atomic mass is 35.5. The monoisotopic (exact) mass is 399 g/mol. The molecule has 0 spiro atoms. The molecule has 0 aliphatic carbocycles. The van der Waals surface area contributed by atoms with Gasteiger partial charge in [0.2, 0.25) is 11.8 Å². The summed E-state index contributed by atoms with van der Waals surface area (Å²) in [6.45, 7) is 4.08. The van der Waals surface area contributed by atoms with Gasteiger partial charge in [0.1, 0.15) is 5.82 Å². The number of aromatic nitrogens is 2. The quantitative estimate of drug-likeness (QED) is 0.564. The number of halogens is 2. The van der Waals surface area contributed by atoms with Crippen molar-refractivity contribution in [3.8, 4) is 11.5 Å². The van der Waals surface area contributed by atoms with Gasteiger partial charge in [-0.3, -0.25) is 4.90 Å². The second kappa shape index (κ2) is 8.41. The summed E-state index contributed by atoms with van der Waals surface area (Å²) < 4.78 is 19.0. The lowest BCUT2D eigenvalue weighted by molar-refractivity contribution is 0.125. The average molecular weight is 400 g/mol. The first kappa shape index (κ1) is 19.1. The summed E-state index contributed by atoms with van der Waals surface area (Å²) in [5, 5.41) is 9.09. The Morgan fingerprint density at radius 2 is 1.89 bits per heavy atom. The molecule has 1 atom stereocenters. The molecule has 1 unspecified atom stereocenters. The van der Waals surface area contributed by atoms with E-state index in [1.54, 1.807) is 12.1 Å². The molecule has 0 amide bonds. The molecule has 4 nitrogen and oxygen atoms in total. The van der Waals surface area contributed by atoms with Crippen LogP contribution in [-0.4, -0.2) is 28.2 Å². The molecule has 2 heterocycles. The zero-order valence-electron chi connectivity index (χ0n) is 15.8. The summed E-state index contributed by atoms with van der Waals surface area (Å²) in [6, 6.07) is 14.4. The maximum absolute atomic E-state index is 13.1. The first-order valence-corrected chi connectivity index (χ1v) is 10.0. The molecule has 3 aromatic rings. The molecule has 28 heavy (non-hydrogen) atoms. The first-order chi connectivity index (χ1) is 13.6. The second-order valence-corrected chi connectivity index (χ2v) is 7.88. The SMILES string of the molecule is CC(c1nnc(-c2cccc(Cl)c2)o1)N1CCC(Cc2ccc(F)cc2)CC1. The van der Waals surface area contributed by atoms with E-state index in [0.717, 1.165) is 37.9 Å². The highest BCUT2D eigenvalue weighted by Crippen LogP contribution is 2.29. The van der Waals surface area contributed by atoms with Gasteiger partial charge < -0.3 is 4.42 Å². The minimum atomic E-state index is -0.177. The van der Waals surface area contributed by atoms with Gasteiger partial charge in [-0.2, -0.15) is 0 Å². The van der Waals surface area contributed by atoms with Gasteiger partial charge in [0.25, 0.3) is 0 Å².